The van der Waals surface area contributed by atoms with E-state index in [-0.39, 0.29) is 0 Å². The van der Waals surface area contributed by atoms with Crippen molar-refractivity contribution in [2.45, 2.75) is 26.6 Å². The van der Waals surface area contributed by atoms with Gasteiger partial charge in [0.2, 0.25) is 0 Å². The zero-order chi connectivity index (χ0) is 11.1. The Bertz CT molecular complexity index is 467. The van der Waals surface area contributed by atoms with Gasteiger partial charge in [-0.3, -0.25) is 0 Å². The van der Waals surface area contributed by atoms with Crippen LogP contribution in [0.15, 0.2) is 18.3 Å². The van der Waals surface area contributed by atoms with E-state index >= 15 is 0 Å². The summed E-state index contributed by atoms with van der Waals surface area (Å²) in [5.41, 5.74) is 0. The number of aryl methyl sites for hydroxylation is 1. The summed E-state index contributed by atoms with van der Waals surface area (Å²) in [6.45, 7) is 9.03. The summed E-state index contributed by atoms with van der Waals surface area (Å²) in [5.74, 6) is 0. The van der Waals surface area contributed by atoms with Crippen molar-refractivity contribution in [1.29, 1.82) is 0 Å². The molecule has 0 unspecified atom stereocenters. The Hall–Kier alpha value is -0.943. The molecule has 0 atom stereocenters. The molecule has 2 aromatic heterocycles. The fraction of sp³-hybridized carbons (Fsp3) is 0.400. The van der Waals surface area contributed by atoms with Crippen LogP contribution in [0, 0.1) is 6.92 Å². The van der Waals surface area contributed by atoms with E-state index in [1.165, 1.54) is 15.2 Å². The fourth-order valence-electron chi connectivity index (χ4n) is 1.44. The second-order valence-electron chi connectivity index (χ2n) is 4.67. The van der Waals surface area contributed by atoms with E-state index in [4.69, 9.17) is 0 Å². The number of nitrogens with zero attached hydrogens (tertiary/aromatic N) is 3. The molecular formula is C10H15N3SSi. The minimum absolute atomic E-state index is 1.17. The molecule has 0 aliphatic rings. The van der Waals surface area contributed by atoms with Crippen LogP contribution in [0.5, 0.6) is 0 Å². The molecule has 3 nitrogen and oxygen atoms in total. The van der Waals surface area contributed by atoms with Crippen LogP contribution in [0.4, 0.5) is 0 Å². The molecule has 0 aromatic carbocycles. The summed E-state index contributed by atoms with van der Waals surface area (Å²) in [4.78, 5) is 1.31. The van der Waals surface area contributed by atoms with Crippen molar-refractivity contribution >= 4 is 24.7 Å². The van der Waals surface area contributed by atoms with Gasteiger partial charge in [-0.05, 0) is 19.1 Å². The van der Waals surface area contributed by atoms with Gasteiger partial charge < -0.3 is 0 Å². The number of thiophene rings is 1. The Kier molecular flexibility index (Phi) is 2.52. The maximum atomic E-state index is 4.18. The zero-order valence-corrected chi connectivity index (χ0v) is 11.3. The largest absolute Gasteiger partial charge is 0.212 e. The third-order valence-electron chi connectivity index (χ3n) is 2.25. The first kappa shape index (κ1) is 10.6. The van der Waals surface area contributed by atoms with Gasteiger partial charge in [-0.15, -0.1) is 16.4 Å². The zero-order valence-electron chi connectivity index (χ0n) is 9.48. The molecular weight excluding hydrogens is 222 g/mol. The van der Waals surface area contributed by atoms with Gasteiger partial charge in [0, 0.05) is 10.2 Å². The molecule has 0 aliphatic carbocycles. The van der Waals surface area contributed by atoms with Crippen LogP contribution in [-0.2, 0) is 0 Å². The summed E-state index contributed by atoms with van der Waals surface area (Å²) in [5, 5.41) is 10.7. The Morgan fingerprint density at radius 1 is 1.27 bits per heavy atom. The number of hydrogen-bond donors (Lipinski definition) is 0. The molecule has 0 spiro atoms. The van der Waals surface area contributed by atoms with Crippen LogP contribution in [0.1, 0.15) is 4.88 Å². The van der Waals surface area contributed by atoms with Gasteiger partial charge in [0.05, 0.1) is 6.20 Å². The molecule has 80 valence electrons. The molecule has 2 aromatic rings. The average molecular weight is 237 g/mol. The molecule has 0 saturated heterocycles. The molecule has 0 fully saturated rings. The van der Waals surface area contributed by atoms with Gasteiger partial charge in [0.25, 0.3) is 0 Å². The lowest BCUT2D eigenvalue weighted by atomic mass is 10.5. The Balaban J connectivity index is 2.50. The number of aromatic nitrogens is 3. The third kappa shape index (κ3) is 2.03. The third-order valence-corrected chi connectivity index (χ3v) is 5.11. The van der Waals surface area contributed by atoms with Gasteiger partial charge in [-0.25, -0.2) is 4.68 Å². The van der Waals surface area contributed by atoms with Gasteiger partial charge in [0.15, 0.2) is 0 Å². The maximum absolute atomic E-state index is 4.18. The monoisotopic (exact) mass is 237 g/mol. The van der Waals surface area contributed by atoms with Crippen molar-refractivity contribution in [3.8, 4) is 5.00 Å². The van der Waals surface area contributed by atoms with E-state index in [0.717, 1.165) is 0 Å². The van der Waals surface area contributed by atoms with E-state index in [9.17, 15) is 0 Å². The maximum Gasteiger partial charge on any atom is 0.119 e. The predicted molar refractivity (Wildman–Crippen MR) is 67.0 cm³/mol. The molecule has 15 heavy (non-hydrogen) atoms. The topological polar surface area (TPSA) is 30.7 Å². The highest BCUT2D eigenvalue weighted by molar-refractivity contribution is 7.14. The van der Waals surface area contributed by atoms with Crippen LogP contribution in [0.25, 0.3) is 5.00 Å². The van der Waals surface area contributed by atoms with Crippen molar-refractivity contribution in [1.82, 2.24) is 15.0 Å². The molecule has 0 amide bonds. The van der Waals surface area contributed by atoms with E-state index in [2.05, 4.69) is 49.0 Å². The molecule has 0 radical (unpaired) electrons. The van der Waals surface area contributed by atoms with Gasteiger partial charge in [-0.1, -0.05) is 24.9 Å². The van der Waals surface area contributed by atoms with Crippen LogP contribution in [-0.4, -0.2) is 23.1 Å². The van der Waals surface area contributed by atoms with Crippen LogP contribution in [0.2, 0.25) is 19.6 Å². The fourth-order valence-corrected chi connectivity index (χ4v) is 3.59. The van der Waals surface area contributed by atoms with Crippen LogP contribution >= 0.6 is 11.3 Å². The van der Waals surface area contributed by atoms with Gasteiger partial charge in [0.1, 0.15) is 13.1 Å². The molecule has 0 N–H and O–H groups in total. The van der Waals surface area contributed by atoms with Crippen LogP contribution in [0.3, 0.4) is 0 Å². The first-order valence-corrected chi connectivity index (χ1v) is 9.28. The quantitative estimate of drug-likeness (QED) is 0.750. The standard InChI is InChI=1S/C10H15N3SSi/c1-8-5-6-9(14-8)13-10(7-11-12-13)15(2,3)4/h5-7H,1-4H3. The summed E-state index contributed by atoms with van der Waals surface area (Å²) in [7, 11) is -1.35. The molecule has 2 heterocycles. The molecule has 5 heteroatoms. The first-order chi connectivity index (χ1) is 6.98. The highest BCUT2D eigenvalue weighted by Gasteiger charge is 2.23. The van der Waals surface area contributed by atoms with E-state index in [1.54, 1.807) is 11.3 Å². The lowest BCUT2D eigenvalue weighted by Crippen LogP contribution is -2.42. The van der Waals surface area contributed by atoms with Crippen molar-refractivity contribution in [2.75, 3.05) is 0 Å². The Morgan fingerprint density at radius 3 is 2.53 bits per heavy atom. The normalized spacial score (nSPS) is 12.0. The number of rotatable bonds is 2. The van der Waals surface area contributed by atoms with Crippen molar-refractivity contribution in [3.63, 3.8) is 0 Å². The van der Waals surface area contributed by atoms with Crippen molar-refractivity contribution < 1.29 is 0 Å². The second-order valence-corrected chi connectivity index (χ2v) is 10.9. The van der Waals surface area contributed by atoms with Gasteiger partial charge in [-0.2, -0.15) is 0 Å². The van der Waals surface area contributed by atoms with Crippen molar-refractivity contribution in [2.24, 2.45) is 0 Å². The summed E-state index contributed by atoms with van der Waals surface area (Å²) < 4.78 is 1.99. The first-order valence-electron chi connectivity index (χ1n) is 4.96. The molecule has 2 rings (SSSR count). The van der Waals surface area contributed by atoms with E-state index in [1.807, 2.05) is 10.9 Å². The lowest BCUT2D eigenvalue weighted by molar-refractivity contribution is 0.825. The predicted octanol–water partition coefficient (Wildman–Crippen LogP) is 2.18. The van der Waals surface area contributed by atoms with E-state index in [0.29, 0.717) is 0 Å². The summed E-state index contributed by atoms with van der Waals surface area (Å²) in [6, 6.07) is 4.23. The van der Waals surface area contributed by atoms with Crippen molar-refractivity contribution in [3.05, 3.63) is 23.2 Å². The highest BCUT2D eigenvalue weighted by atomic mass is 32.1. The van der Waals surface area contributed by atoms with Gasteiger partial charge >= 0.3 is 0 Å². The summed E-state index contributed by atoms with van der Waals surface area (Å²) in [6.07, 6.45) is 1.90. The number of hydrogen-bond acceptors (Lipinski definition) is 3. The molecule has 0 saturated carbocycles. The average Bonchev–Trinajstić information content (AvgIpc) is 2.68. The minimum atomic E-state index is -1.35. The second kappa shape index (κ2) is 3.57. The van der Waals surface area contributed by atoms with Crippen LogP contribution < -0.4 is 5.32 Å². The van der Waals surface area contributed by atoms with E-state index < -0.39 is 8.07 Å². The smallest absolute Gasteiger partial charge is 0.119 e. The molecule has 0 bridgehead atoms. The summed E-state index contributed by atoms with van der Waals surface area (Å²) >= 11 is 1.76. The Labute approximate surface area is 94.8 Å². The highest BCUT2D eigenvalue weighted by Crippen LogP contribution is 2.18. The lowest BCUT2D eigenvalue weighted by Gasteiger charge is -2.15. The Morgan fingerprint density at radius 2 is 2.00 bits per heavy atom. The minimum Gasteiger partial charge on any atom is -0.212 e. The molecule has 0 aliphatic heterocycles. The SMILES string of the molecule is Cc1ccc(-n2nncc2[Si](C)(C)C)s1.